The van der Waals surface area contributed by atoms with Gasteiger partial charge in [0.2, 0.25) is 5.76 Å². The molecule has 0 bridgehead atoms. The van der Waals surface area contributed by atoms with Gasteiger partial charge >= 0.3 is 5.97 Å². The number of carbonyl (C=O) groups excluding carboxylic acids is 1. The third-order valence-corrected chi connectivity index (χ3v) is 2.47. The first-order valence-electron chi connectivity index (χ1n) is 6.03. The highest BCUT2D eigenvalue weighted by atomic mass is 16.5. The van der Waals surface area contributed by atoms with Gasteiger partial charge in [0.25, 0.3) is 0 Å². The molecule has 0 atom stereocenters. The molecule has 2 aromatic rings. The highest BCUT2D eigenvalue weighted by Gasteiger charge is 2.12. The zero-order chi connectivity index (χ0) is 12.8. The summed E-state index contributed by atoms with van der Waals surface area (Å²) in [6.07, 6.45) is 5.40. The maximum Gasteiger partial charge on any atom is 0.374 e. The van der Waals surface area contributed by atoms with Gasteiger partial charge < -0.3 is 9.15 Å². The highest BCUT2D eigenvalue weighted by molar-refractivity contribution is 5.86. The molecule has 0 N–H and O–H groups in total. The molecular weight excluding hydrogens is 232 g/mol. The standard InChI is InChI=1S/C13H16N2O3/c1-2-3-9-17-13(16)12-6-5-11(18-12)10-15-8-4-7-14-15/h4-8H,2-3,9-10H2,1H3. The lowest BCUT2D eigenvalue weighted by Crippen LogP contribution is -2.05. The molecule has 0 fully saturated rings. The van der Waals surface area contributed by atoms with Crippen LogP contribution in [0, 0.1) is 0 Å². The van der Waals surface area contributed by atoms with E-state index < -0.39 is 5.97 Å². The Morgan fingerprint density at radius 2 is 2.39 bits per heavy atom. The Balaban J connectivity index is 1.91. The van der Waals surface area contributed by atoms with Crippen LogP contribution < -0.4 is 0 Å². The molecule has 0 aromatic carbocycles. The van der Waals surface area contributed by atoms with Crippen molar-refractivity contribution in [2.75, 3.05) is 6.61 Å². The maximum absolute atomic E-state index is 11.6. The van der Waals surface area contributed by atoms with Gasteiger partial charge in [-0.3, -0.25) is 4.68 Å². The Labute approximate surface area is 105 Å². The molecule has 96 valence electrons. The molecule has 0 spiro atoms. The number of hydrogen-bond acceptors (Lipinski definition) is 4. The van der Waals surface area contributed by atoms with Gasteiger partial charge in [0.05, 0.1) is 13.2 Å². The average Bonchev–Trinajstić information content (AvgIpc) is 3.01. The van der Waals surface area contributed by atoms with E-state index in [4.69, 9.17) is 9.15 Å². The summed E-state index contributed by atoms with van der Waals surface area (Å²) in [7, 11) is 0. The number of carbonyl (C=O) groups is 1. The fourth-order valence-electron chi connectivity index (χ4n) is 1.51. The molecule has 0 unspecified atom stereocenters. The Bertz CT molecular complexity index is 488. The van der Waals surface area contributed by atoms with Crippen LogP contribution in [-0.4, -0.2) is 22.4 Å². The number of nitrogens with zero attached hydrogens (tertiary/aromatic N) is 2. The van der Waals surface area contributed by atoms with Crippen molar-refractivity contribution >= 4 is 5.97 Å². The van der Waals surface area contributed by atoms with Gasteiger partial charge in [-0.1, -0.05) is 13.3 Å². The number of rotatable bonds is 6. The van der Waals surface area contributed by atoms with E-state index in [1.807, 2.05) is 19.2 Å². The molecule has 2 aromatic heterocycles. The normalized spacial score (nSPS) is 10.5. The average molecular weight is 248 g/mol. The molecule has 0 saturated heterocycles. The van der Waals surface area contributed by atoms with E-state index in [-0.39, 0.29) is 5.76 Å². The smallest absolute Gasteiger partial charge is 0.374 e. The van der Waals surface area contributed by atoms with Crippen LogP contribution in [0.25, 0.3) is 0 Å². The lowest BCUT2D eigenvalue weighted by molar-refractivity contribution is 0.0461. The summed E-state index contributed by atoms with van der Waals surface area (Å²) >= 11 is 0. The lowest BCUT2D eigenvalue weighted by atomic mass is 10.3. The van der Waals surface area contributed by atoms with E-state index in [2.05, 4.69) is 5.10 Å². The van der Waals surface area contributed by atoms with Crippen LogP contribution in [0.5, 0.6) is 0 Å². The van der Waals surface area contributed by atoms with Gasteiger partial charge in [-0.05, 0) is 24.6 Å². The predicted octanol–water partition coefficient (Wildman–Crippen LogP) is 2.48. The summed E-state index contributed by atoms with van der Waals surface area (Å²) in [6.45, 7) is 2.99. The van der Waals surface area contributed by atoms with Crippen molar-refractivity contribution < 1.29 is 13.9 Å². The number of furan rings is 1. The molecule has 0 radical (unpaired) electrons. The highest BCUT2D eigenvalue weighted by Crippen LogP contribution is 2.10. The Hall–Kier alpha value is -2.04. The topological polar surface area (TPSA) is 57.3 Å². The molecule has 0 aliphatic heterocycles. The maximum atomic E-state index is 11.6. The van der Waals surface area contributed by atoms with Crippen LogP contribution in [0.3, 0.4) is 0 Å². The Morgan fingerprint density at radius 3 is 3.11 bits per heavy atom. The van der Waals surface area contributed by atoms with Gasteiger partial charge in [-0.15, -0.1) is 0 Å². The minimum absolute atomic E-state index is 0.244. The van der Waals surface area contributed by atoms with Crippen molar-refractivity contribution in [3.63, 3.8) is 0 Å². The number of esters is 1. The quantitative estimate of drug-likeness (QED) is 0.582. The molecular formula is C13H16N2O3. The first kappa shape index (κ1) is 12.4. The van der Waals surface area contributed by atoms with Crippen molar-refractivity contribution in [2.24, 2.45) is 0 Å². The zero-order valence-corrected chi connectivity index (χ0v) is 10.3. The molecule has 0 amide bonds. The van der Waals surface area contributed by atoms with E-state index in [0.717, 1.165) is 12.8 Å². The van der Waals surface area contributed by atoms with Crippen molar-refractivity contribution in [1.82, 2.24) is 9.78 Å². The van der Waals surface area contributed by atoms with Crippen LogP contribution in [0.2, 0.25) is 0 Å². The second kappa shape index (κ2) is 6.05. The van der Waals surface area contributed by atoms with Crippen LogP contribution in [0.15, 0.2) is 35.0 Å². The summed E-state index contributed by atoms with van der Waals surface area (Å²) in [6, 6.07) is 5.23. The van der Waals surface area contributed by atoms with Gasteiger partial charge in [0.15, 0.2) is 0 Å². The molecule has 2 heterocycles. The minimum atomic E-state index is -0.407. The molecule has 2 rings (SSSR count). The van der Waals surface area contributed by atoms with Crippen molar-refractivity contribution in [1.29, 1.82) is 0 Å². The molecule has 5 heteroatoms. The first-order valence-corrected chi connectivity index (χ1v) is 6.03. The molecule has 18 heavy (non-hydrogen) atoms. The van der Waals surface area contributed by atoms with Crippen molar-refractivity contribution in [3.05, 3.63) is 42.1 Å². The minimum Gasteiger partial charge on any atom is -0.460 e. The fraction of sp³-hybridized carbons (Fsp3) is 0.385. The van der Waals surface area contributed by atoms with Crippen LogP contribution in [0.1, 0.15) is 36.1 Å². The Morgan fingerprint density at radius 1 is 1.50 bits per heavy atom. The van der Waals surface area contributed by atoms with E-state index in [1.165, 1.54) is 0 Å². The third kappa shape index (κ3) is 3.23. The zero-order valence-electron chi connectivity index (χ0n) is 10.3. The van der Waals surface area contributed by atoms with Crippen LogP contribution in [0.4, 0.5) is 0 Å². The van der Waals surface area contributed by atoms with Gasteiger partial charge in [0.1, 0.15) is 5.76 Å². The largest absolute Gasteiger partial charge is 0.460 e. The summed E-state index contributed by atoms with van der Waals surface area (Å²) in [4.78, 5) is 11.6. The van der Waals surface area contributed by atoms with Crippen molar-refractivity contribution in [3.8, 4) is 0 Å². The SMILES string of the molecule is CCCCOC(=O)c1ccc(Cn2cccn2)o1. The van der Waals surface area contributed by atoms with Crippen molar-refractivity contribution in [2.45, 2.75) is 26.3 Å². The van der Waals surface area contributed by atoms with Gasteiger partial charge in [0, 0.05) is 12.4 Å². The van der Waals surface area contributed by atoms with E-state index in [9.17, 15) is 4.79 Å². The Kier molecular flexibility index (Phi) is 4.17. The van der Waals surface area contributed by atoms with E-state index in [0.29, 0.717) is 18.9 Å². The number of hydrogen-bond donors (Lipinski definition) is 0. The fourth-order valence-corrected chi connectivity index (χ4v) is 1.51. The summed E-state index contributed by atoms with van der Waals surface area (Å²) in [5.74, 6) is 0.518. The molecule has 0 aliphatic rings. The molecule has 0 aliphatic carbocycles. The summed E-state index contributed by atoms with van der Waals surface area (Å²) in [5, 5.41) is 4.07. The monoisotopic (exact) mass is 248 g/mol. The predicted molar refractivity (Wildman–Crippen MR) is 65.2 cm³/mol. The van der Waals surface area contributed by atoms with E-state index in [1.54, 1.807) is 23.0 Å². The first-order chi connectivity index (χ1) is 8.79. The number of unbranched alkanes of at least 4 members (excludes halogenated alkanes) is 1. The molecule has 5 nitrogen and oxygen atoms in total. The number of ether oxygens (including phenoxy) is 1. The van der Waals surface area contributed by atoms with Gasteiger partial charge in [-0.2, -0.15) is 5.10 Å². The van der Waals surface area contributed by atoms with Crippen LogP contribution >= 0.6 is 0 Å². The van der Waals surface area contributed by atoms with E-state index >= 15 is 0 Å². The van der Waals surface area contributed by atoms with Crippen LogP contribution in [-0.2, 0) is 11.3 Å². The van der Waals surface area contributed by atoms with Gasteiger partial charge in [-0.25, -0.2) is 4.79 Å². The molecule has 0 saturated carbocycles. The lowest BCUT2D eigenvalue weighted by Gasteiger charge is -2.01. The third-order valence-electron chi connectivity index (χ3n) is 2.47. The second-order valence-corrected chi connectivity index (χ2v) is 3.96. The second-order valence-electron chi connectivity index (χ2n) is 3.96. The summed E-state index contributed by atoms with van der Waals surface area (Å²) in [5.41, 5.74) is 0. The summed E-state index contributed by atoms with van der Waals surface area (Å²) < 4.78 is 12.2. The number of aromatic nitrogens is 2.